The molecule has 98 valence electrons. The van der Waals surface area contributed by atoms with Gasteiger partial charge in [-0.2, -0.15) is 0 Å². The third-order valence-corrected chi connectivity index (χ3v) is 4.28. The molecule has 1 aromatic rings. The Morgan fingerprint density at radius 3 is 3.00 bits per heavy atom. The minimum Gasteiger partial charge on any atom is -0.490 e. The van der Waals surface area contributed by atoms with E-state index >= 15 is 0 Å². The van der Waals surface area contributed by atoms with Crippen molar-refractivity contribution in [1.82, 2.24) is 4.90 Å². The van der Waals surface area contributed by atoms with E-state index in [0.29, 0.717) is 18.1 Å². The number of likely N-dealkylation sites (tertiary alicyclic amines) is 1. The Bertz CT molecular complexity index is 446. The van der Waals surface area contributed by atoms with Crippen molar-refractivity contribution in [1.29, 1.82) is 0 Å². The molecular weight excluding hydrogens is 224 g/mol. The molecule has 0 bridgehead atoms. The SMILES string of the molecule is CC1Cc2ccc(C3CC(CN)CN3C)cc2O1. The van der Waals surface area contributed by atoms with E-state index in [1.54, 1.807) is 0 Å². The number of fused-ring (bicyclic) bond motifs is 1. The van der Waals surface area contributed by atoms with Gasteiger partial charge < -0.3 is 10.5 Å². The van der Waals surface area contributed by atoms with E-state index in [1.807, 2.05) is 0 Å². The van der Waals surface area contributed by atoms with Gasteiger partial charge in [0.05, 0.1) is 0 Å². The van der Waals surface area contributed by atoms with E-state index in [-0.39, 0.29) is 0 Å². The lowest BCUT2D eigenvalue weighted by Gasteiger charge is -2.20. The van der Waals surface area contributed by atoms with Crippen molar-refractivity contribution in [2.75, 3.05) is 20.1 Å². The summed E-state index contributed by atoms with van der Waals surface area (Å²) in [6.45, 7) is 4.03. The number of nitrogens with zero attached hydrogens (tertiary/aromatic N) is 1. The Balaban J connectivity index is 1.83. The Morgan fingerprint density at radius 2 is 2.28 bits per heavy atom. The molecule has 3 nitrogen and oxygen atoms in total. The Kier molecular flexibility index (Phi) is 3.04. The topological polar surface area (TPSA) is 38.5 Å². The number of hydrogen-bond donors (Lipinski definition) is 1. The van der Waals surface area contributed by atoms with Gasteiger partial charge in [0.1, 0.15) is 11.9 Å². The highest BCUT2D eigenvalue weighted by Gasteiger charge is 2.30. The lowest BCUT2D eigenvalue weighted by Crippen LogP contribution is -2.20. The molecule has 0 aliphatic carbocycles. The highest BCUT2D eigenvalue weighted by Crippen LogP contribution is 2.37. The van der Waals surface area contributed by atoms with E-state index in [1.165, 1.54) is 17.5 Å². The van der Waals surface area contributed by atoms with Gasteiger partial charge in [0.2, 0.25) is 0 Å². The van der Waals surface area contributed by atoms with Crippen molar-refractivity contribution < 1.29 is 4.74 Å². The summed E-state index contributed by atoms with van der Waals surface area (Å²) in [5.74, 6) is 1.72. The fourth-order valence-electron chi connectivity index (χ4n) is 3.29. The van der Waals surface area contributed by atoms with Crippen LogP contribution in [0.3, 0.4) is 0 Å². The Hall–Kier alpha value is -1.06. The van der Waals surface area contributed by atoms with Gasteiger partial charge in [-0.15, -0.1) is 0 Å². The van der Waals surface area contributed by atoms with Crippen LogP contribution in [-0.4, -0.2) is 31.1 Å². The van der Waals surface area contributed by atoms with Crippen LogP contribution in [0.2, 0.25) is 0 Å². The average Bonchev–Trinajstić information content (AvgIpc) is 2.89. The van der Waals surface area contributed by atoms with Gasteiger partial charge in [-0.25, -0.2) is 0 Å². The van der Waals surface area contributed by atoms with Crippen LogP contribution in [0.4, 0.5) is 0 Å². The van der Waals surface area contributed by atoms with Crippen molar-refractivity contribution in [3.63, 3.8) is 0 Å². The fraction of sp³-hybridized carbons (Fsp3) is 0.600. The summed E-state index contributed by atoms with van der Waals surface area (Å²) >= 11 is 0. The predicted octanol–water partition coefficient (Wildman–Crippen LogP) is 1.96. The highest BCUT2D eigenvalue weighted by molar-refractivity contribution is 5.42. The maximum atomic E-state index is 5.85. The van der Waals surface area contributed by atoms with E-state index in [0.717, 1.165) is 25.3 Å². The first-order valence-corrected chi connectivity index (χ1v) is 6.87. The van der Waals surface area contributed by atoms with Crippen LogP contribution in [0, 0.1) is 5.92 Å². The van der Waals surface area contributed by atoms with Crippen molar-refractivity contribution >= 4 is 0 Å². The second-order valence-corrected chi connectivity index (χ2v) is 5.79. The molecule has 3 rings (SSSR count). The lowest BCUT2D eigenvalue weighted by atomic mass is 9.98. The largest absolute Gasteiger partial charge is 0.490 e. The second kappa shape index (κ2) is 4.56. The molecule has 3 heteroatoms. The van der Waals surface area contributed by atoms with Crippen LogP contribution < -0.4 is 10.5 Å². The van der Waals surface area contributed by atoms with Gasteiger partial charge in [0.25, 0.3) is 0 Å². The smallest absolute Gasteiger partial charge is 0.123 e. The third kappa shape index (κ3) is 2.02. The molecule has 18 heavy (non-hydrogen) atoms. The van der Waals surface area contributed by atoms with Crippen LogP contribution in [0.15, 0.2) is 18.2 Å². The van der Waals surface area contributed by atoms with Crippen LogP contribution >= 0.6 is 0 Å². The number of rotatable bonds is 2. The summed E-state index contributed by atoms with van der Waals surface area (Å²) in [5.41, 5.74) is 8.52. The molecule has 1 saturated heterocycles. The van der Waals surface area contributed by atoms with Gasteiger partial charge in [0.15, 0.2) is 0 Å². The Labute approximate surface area is 109 Å². The normalized spacial score (nSPS) is 31.4. The molecule has 0 saturated carbocycles. The molecule has 0 spiro atoms. The summed E-state index contributed by atoms with van der Waals surface area (Å²) in [4.78, 5) is 2.41. The summed E-state index contributed by atoms with van der Waals surface area (Å²) < 4.78 is 5.85. The number of ether oxygens (including phenoxy) is 1. The zero-order valence-corrected chi connectivity index (χ0v) is 11.2. The first-order chi connectivity index (χ1) is 8.67. The lowest BCUT2D eigenvalue weighted by molar-refractivity contribution is 0.253. The first kappa shape index (κ1) is 12.0. The van der Waals surface area contributed by atoms with Crippen LogP contribution in [0.5, 0.6) is 5.75 Å². The molecular formula is C15H22N2O. The minimum atomic E-state index is 0.327. The second-order valence-electron chi connectivity index (χ2n) is 5.79. The molecule has 0 aromatic heterocycles. The molecule has 1 aromatic carbocycles. The quantitative estimate of drug-likeness (QED) is 0.867. The third-order valence-electron chi connectivity index (χ3n) is 4.28. The Morgan fingerprint density at radius 1 is 1.44 bits per heavy atom. The molecule has 3 unspecified atom stereocenters. The van der Waals surface area contributed by atoms with Gasteiger partial charge in [-0.1, -0.05) is 12.1 Å². The first-order valence-electron chi connectivity index (χ1n) is 6.87. The molecule has 2 aliphatic heterocycles. The minimum absolute atomic E-state index is 0.327. The van der Waals surface area contributed by atoms with E-state index in [9.17, 15) is 0 Å². The standard InChI is InChI=1S/C15H22N2O/c1-10-5-13-4-3-12(7-15(13)18-10)14-6-11(8-16)9-17(14)2/h3-4,7,10-11,14H,5-6,8-9,16H2,1-2H3. The monoisotopic (exact) mass is 246 g/mol. The van der Waals surface area contributed by atoms with E-state index in [2.05, 4.69) is 37.1 Å². The van der Waals surface area contributed by atoms with Gasteiger partial charge in [-0.05, 0) is 50.0 Å². The molecule has 3 atom stereocenters. The number of hydrogen-bond acceptors (Lipinski definition) is 3. The van der Waals surface area contributed by atoms with Gasteiger partial charge in [-0.3, -0.25) is 4.90 Å². The van der Waals surface area contributed by atoms with Crippen molar-refractivity contribution in [3.05, 3.63) is 29.3 Å². The van der Waals surface area contributed by atoms with Crippen LogP contribution in [0.25, 0.3) is 0 Å². The number of nitrogens with two attached hydrogens (primary N) is 1. The van der Waals surface area contributed by atoms with E-state index in [4.69, 9.17) is 10.5 Å². The van der Waals surface area contributed by atoms with Crippen molar-refractivity contribution in [2.24, 2.45) is 11.7 Å². The van der Waals surface area contributed by atoms with E-state index < -0.39 is 0 Å². The van der Waals surface area contributed by atoms with Crippen molar-refractivity contribution in [3.8, 4) is 5.75 Å². The maximum Gasteiger partial charge on any atom is 0.123 e. The zero-order chi connectivity index (χ0) is 12.7. The predicted molar refractivity (Wildman–Crippen MR) is 72.8 cm³/mol. The summed E-state index contributed by atoms with van der Waals surface area (Å²) in [7, 11) is 2.19. The molecule has 0 amide bonds. The molecule has 2 aliphatic rings. The zero-order valence-electron chi connectivity index (χ0n) is 11.2. The van der Waals surface area contributed by atoms with Crippen LogP contribution in [0.1, 0.15) is 30.5 Å². The highest BCUT2D eigenvalue weighted by atomic mass is 16.5. The molecule has 2 N–H and O–H groups in total. The molecule has 0 radical (unpaired) electrons. The van der Waals surface area contributed by atoms with Gasteiger partial charge >= 0.3 is 0 Å². The van der Waals surface area contributed by atoms with Crippen LogP contribution in [-0.2, 0) is 6.42 Å². The maximum absolute atomic E-state index is 5.85. The van der Waals surface area contributed by atoms with Crippen molar-refractivity contribution in [2.45, 2.75) is 31.9 Å². The molecule has 1 fully saturated rings. The fourth-order valence-corrected chi connectivity index (χ4v) is 3.29. The van der Waals surface area contributed by atoms with Gasteiger partial charge in [0, 0.05) is 19.0 Å². The summed E-state index contributed by atoms with van der Waals surface area (Å²) in [6, 6.07) is 7.24. The molecule has 2 heterocycles. The summed E-state index contributed by atoms with van der Waals surface area (Å²) in [6.07, 6.45) is 2.54. The number of benzene rings is 1. The average molecular weight is 246 g/mol. The summed E-state index contributed by atoms with van der Waals surface area (Å²) in [5, 5.41) is 0.